The van der Waals surface area contributed by atoms with Gasteiger partial charge in [0.15, 0.2) is 0 Å². The van der Waals surface area contributed by atoms with Gasteiger partial charge in [-0.15, -0.1) is 0 Å². The fourth-order valence-corrected chi connectivity index (χ4v) is 3.02. The predicted molar refractivity (Wildman–Crippen MR) is 68.7 cm³/mol. The number of urea groups is 1. The summed E-state index contributed by atoms with van der Waals surface area (Å²) in [5, 5.41) is 3.05. The number of hydrogen-bond donors (Lipinski definition) is 2. The lowest BCUT2D eigenvalue weighted by molar-refractivity contribution is 0.168. The molecule has 1 saturated heterocycles. The normalized spacial score (nSPS) is 33.8. The van der Waals surface area contributed by atoms with Crippen molar-refractivity contribution in [2.45, 2.75) is 45.1 Å². The van der Waals surface area contributed by atoms with Crippen molar-refractivity contribution in [1.82, 2.24) is 10.2 Å². The highest BCUT2D eigenvalue weighted by molar-refractivity contribution is 5.74. The van der Waals surface area contributed by atoms with Gasteiger partial charge in [0.05, 0.1) is 0 Å². The molecule has 3 atom stereocenters. The number of hydrogen-bond acceptors (Lipinski definition) is 2. The summed E-state index contributed by atoms with van der Waals surface area (Å²) in [5.41, 5.74) is 6.00. The second-order valence-corrected chi connectivity index (χ2v) is 5.73. The molecule has 4 heteroatoms. The highest BCUT2D eigenvalue weighted by Gasteiger charge is 2.26. The molecule has 2 fully saturated rings. The van der Waals surface area contributed by atoms with E-state index in [1.807, 2.05) is 4.90 Å². The monoisotopic (exact) mass is 239 g/mol. The van der Waals surface area contributed by atoms with E-state index in [0.29, 0.717) is 11.8 Å². The van der Waals surface area contributed by atoms with E-state index in [1.165, 1.54) is 12.8 Å². The van der Waals surface area contributed by atoms with Crippen molar-refractivity contribution in [2.75, 3.05) is 19.6 Å². The molecular weight excluding hydrogens is 214 g/mol. The summed E-state index contributed by atoms with van der Waals surface area (Å²) < 4.78 is 0. The van der Waals surface area contributed by atoms with Crippen LogP contribution >= 0.6 is 0 Å². The zero-order valence-electron chi connectivity index (χ0n) is 10.8. The number of nitrogens with zero attached hydrogens (tertiary/aromatic N) is 1. The van der Waals surface area contributed by atoms with Crippen LogP contribution in [-0.4, -0.2) is 36.6 Å². The molecule has 1 heterocycles. The van der Waals surface area contributed by atoms with E-state index in [1.54, 1.807) is 0 Å². The lowest BCUT2D eigenvalue weighted by Gasteiger charge is -2.31. The van der Waals surface area contributed by atoms with Gasteiger partial charge < -0.3 is 16.0 Å². The standard InChI is InChI=1S/C13H25N3O/c1-10-4-3-7-16(9-10)13(17)15-8-11-5-2-6-12(11)14/h10-12H,2-9,14H2,1H3,(H,15,17). The van der Waals surface area contributed by atoms with Gasteiger partial charge in [-0.1, -0.05) is 13.3 Å². The summed E-state index contributed by atoms with van der Waals surface area (Å²) in [4.78, 5) is 13.9. The highest BCUT2D eigenvalue weighted by atomic mass is 16.2. The van der Waals surface area contributed by atoms with Gasteiger partial charge in [-0.3, -0.25) is 0 Å². The number of carbonyl (C=O) groups is 1. The van der Waals surface area contributed by atoms with Crippen LogP contribution in [0.3, 0.4) is 0 Å². The third kappa shape index (κ3) is 3.35. The van der Waals surface area contributed by atoms with Crippen LogP contribution in [-0.2, 0) is 0 Å². The summed E-state index contributed by atoms with van der Waals surface area (Å²) >= 11 is 0. The number of nitrogens with two attached hydrogens (primary N) is 1. The SMILES string of the molecule is CC1CCCN(C(=O)NCC2CCCC2N)C1. The van der Waals surface area contributed by atoms with Crippen LogP contribution in [0.25, 0.3) is 0 Å². The first kappa shape index (κ1) is 12.7. The van der Waals surface area contributed by atoms with Gasteiger partial charge >= 0.3 is 6.03 Å². The minimum absolute atomic E-state index is 0.107. The largest absolute Gasteiger partial charge is 0.338 e. The second kappa shape index (κ2) is 5.71. The molecule has 0 aromatic rings. The first-order valence-electron chi connectivity index (χ1n) is 6.95. The van der Waals surface area contributed by atoms with Crippen molar-refractivity contribution < 1.29 is 4.79 Å². The Morgan fingerprint density at radius 2 is 2.18 bits per heavy atom. The predicted octanol–water partition coefficient (Wildman–Crippen LogP) is 1.56. The summed E-state index contributed by atoms with van der Waals surface area (Å²) in [5.74, 6) is 1.13. The Labute approximate surface area is 104 Å². The molecule has 2 aliphatic rings. The van der Waals surface area contributed by atoms with E-state index < -0.39 is 0 Å². The van der Waals surface area contributed by atoms with Crippen LogP contribution in [0.2, 0.25) is 0 Å². The maximum atomic E-state index is 12.0. The molecule has 0 aromatic heterocycles. The Morgan fingerprint density at radius 3 is 2.82 bits per heavy atom. The third-order valence-corrected chi connectivity index (χ3v) is 4.18. The molecule has 3 unspecified atom stereocenters. The summed E-state index contributed by atoms with van der Waals surface area (Å²) in [6.07, 6.45) is 5.87. The van der Waals surface area contributed by atoms with Gasteiger partial charge in [0.25, 0.3) is 0 Å². The zero-order chi connectivity index (χ0) is 12.3. The molecule has 3 N–H and O–H groups in total. The van der Waals surface area contributed by atoms with Gasteiger partial charge in [-0.2, -0.15) is 0 Å². The number of carbonyl (C=O) groups excluding carboxylic acids is 1. The van der Waals surface area contributed by atoms with E-state index >= 15 is 0 Å². The Bertz CT molecular complexity index is 269. The first-order chi connectivity index (χ1) is 8.16. The first-order valence-corrected chi connectivity index (χ1v) is 6.95. The maximum absolute atomic E-state index is 12.0. The van der Waals surface area contributed by atoms with Crippen molar-refractivity contribution in [2.24, 2.45) is 17.6 Å². The van der Waals surface area contributed by atoms with Crippen molar-refractivity contribution in [3.8, 4) is 0 Å². The molecule has 1 aliphatic heterocycles. The van der Waals surface area contributed by atoms with Gasteiger partial charge in [0, 0.05) is 25.7 Å². The number of piperidine rings is 1. The highest BCUT2D eigenvalue weighted by Crippen LogP contribution is 2.23. The number of amides is 2. The average molecular weight is 239 g/mol. The molecule has 1 saturated carbocycles. The average Bonchev–Trinajstić information content (AvgIpc) is 2.72. The maximum Gasteiger partial charge on any atom is 0.317 e. The quantitative estimate of drug-likeness (QED) is 0.768. The van der Waals surface area contributed by atoms with Crippen LogP contribution in [0.4, 0.5) is 4.79 Å². The van der Waals surface area contributed by atoms with E-state index in [2.05, 4.69) is 12.2 Å². The van der Waals surface area contributed by atoms with Crippen molar-refractivity contribution in [3.63, 3.8) is 0 Å². The molecule has 17 heavy (non-hydrogen) atoms. The fourth-order valence-electron chi connectivity index (χ4n) is 3.02. The van der Waals surface area contributed by atoms with Gasteiger partial charge in [0.1, 0.15) is 0 Å². The van der Waals surface area contributed by atoms with Gasteiger partial charge in [-0.25, -0.2) is 4.79 Å². The number of nitrogens with one attached hydrogen (secondary N) is 1. The summed E-state index contributed by atoms with van der Waals surface area (Å²) in [6.45, 7) is 4.78. The van der Waals surface area contributed by atoms with E-state index in [0.717, 1.165) is 38.9 Å². The van der Waals surface area contributed by atoms with E-state index in [9.17, 15) is 4.79 Å². The van der Waals surface area contributed by atoms with Crippen molar-refractivity contribution in [1.29, 1.82) is 0 Å². The van der Waals surface area contributed by atoms with Crippen LogP contribution in [0, 0.1) is 11.8 Å². The van der Waals surface area contributed by atoms with Crippen LogP contribution in [0.5, 0.6) is 0 Å². The molecule has 1 aliphatic carbocycles. The zero-order valence-corrected chi connectivity index (χ0v) is 10.8. The Hall–Kier alpha value is -0.770. The van der Waals surface area contributed by atoms with Crippen LogP contribution < -0.4 is 11.1 Å². The molecule has 98 valence electrons. The molecule has 0 radical (unpaired) electrons. The smallest absolute Gasteiger partial charge is 0.317 e. The molecule has 0 bridgehead atoms. The van der Waals surface area contributed by atoms with Gasteiger partial charge in [0.2, 0.25) is 0 Å². The number of likely N-dealkylation sites (tertiary alicyclic amines) is 1. The Balaban J connectivity index is 1.73. The summed E-state index contributed by atoms with van der Waals surface area (Å²) in [7, 11) is 0. The molecule has 0 aromatic carbocycles. The van der Waals surface area contributed by atoms with Gasteiger partial charge in [-0.05, 0) is 37.5 Å². The third-order valence-electron chi connectivity index (χ3n) is 4.18. The molecule has 2 amide bonds. The Morgan fingerprint density at radius 1 is 1.35 bits per heavy atom. The molecule has 4 nitrogen and oxygen atoms in total. The lowest BCUT2D eigenvalue weighted by Crippen LogP contribution is -2.47. The lowest BCUT2D eigenvalue weighted by atomic mass is 10.0. The van der Waals surface area contributed by atoms with E-state index in [-0.39, 0.29) is 12.1 Å². The van der Waals surface area contributed by atoms with Crippen molar-refractivity contribution >= 4 is 6.03 Å². The number of rotatable bonds is 2. The topological polar surface area (TPSA) is 58.4 Å². The Kier molecular flexibility index (Phi) is 4.26. The molecule has 0 spiro atoms. The van der Waals surface area contributed by atoms with E-state index in [4.69, 9.17) is 5.73 Å². The van der Waals surface area contributed by atoms with Crippen LogP contribution in [0.1, 0.15) is 39.0 Å². The fraction of sp³-hybridized carbons (Fsp3) is 0.923. The minimum Gasteiger partial charge on any atom is -0.338 e. The second-order valence-electron chi connectivity index (χ2n) is 5.73. The molecular formula is C13H25N3O. The van der Waals surface area contributed by atoms with Crippen LogP contribution in [0.15, 0.2) is 0 Å². The molecule has 2 rings (SSSR count). The summed E-state index contributed by atoms with van der Waals surface area (Å²) in [6, 6.07) is 0.395. The van der Waals surface area contributed by atoms with Crippen molar-refractivity contribution in [3.05, 3.63) is 0 Å². The minimum atomic E-state index is 0.107.